The van der Waals surface area contributed by atoms with E-state index in [0.717, 1.165) is 0 Å². The predicted molar refractivity (Wildman–Crippen MR) is 46.7 cm³/mol. The molecule has 0 aromatic carbocycles. The van der Waals surface area contributed by atoms with Crippen molar-refractivity contribution in [1.82, 2.24) is 9.80 Å². The zero-order valence-corrected chi connectivity index (χ0v) is 7.64. The topological polar surface area (TPSA) is 6.48 Å². The Morgan fingerprint density at radius 1 is 1.27 bits per heavy atom. The SMILES string of the molecule is CCN1CCC2(CN(C)C2)C1. The molecule has 2 nitrogen and oxygen atoms in total. The summed E-state index contributed by atoms with van der Waals surface area (Å²) in [4.78, 5) is 5.01. The first-order valence-corrected chi connectivity index (χ1v) is 4.65. The summed E-state index contributed by atoms with van der Waals surface area (Å²) in [6.07, 6.45) is 1.44. The highest BCUT2D eigenvalue weighted by molar-refractivity contribution is 4.99. The summed E-state index contributed by atoms with van der Waals surface area (Å²) >= 11 is 0. The Hall–Kier alpha value is -0.0800. The van der Waals surface area contributed by atoms with E-state index in [0.29, 0.717) is 5.41 Å². The molecule has 2 aliphatic rings. The van der Waals surface area contributed by atoms with Gasteiger partial charge in [0, 0.05) is 25.0 Å². The zero-order valence-electron chi connectivity index (χ0n) is 7.64. The quantitative estimate of drug-likeness (QED) is 0.547. The van der Waals surface area contributed by atoms with Crippen LogP contribution < -0.4 is 0 Å². The van der Waals surface area contributed by atoms with Gasteiger partial charge in [0.2, 0.25) is 0 Å². The van der Waals surface area contributed by atoms with E-state index in [2.05, 4.69) is 23.8 Å². The summed E-state index contributed by atoms with van der Waals surface area (Å²) in [6.45, 7) is 8.87. The second kappa shape index (κ2) is 2.46. The molecule has 2 heteroatoms. The molecule has 0 unspecified atom stereocenters. The Kier molecular flexibility index (Phi) is 1.69. The van der Waals surface area contributed by atoms with E-state index in [4.69, 9.17) is 0 Å². The van der Waals surface area contributed by atoms with Crippen LogP contribution in [0.4, 0.5) is 0 Å². The molecule has 0 aromatic rings. The molecule has 2 saturated heterocycles. The van der Waals surface area contributed by atoms with Crippen molar-refractivity contribution < 1.29 is 0 Å². The Balaban J connectivity index is 1.89. The fraction of sp³-hybridized carbons (Fsp3) is 1.00. The summed E-state index contributed by atoms with van der Waals surface area (Å²) < 4.78 is 0. The predicted octanol–water partition coefficient (Wildman–Crippen LogP) is 0.644. The highest BCUT2D eigenvalue weighted by Crippen LogP contribution is 2.38. The summed E-state index contributed by atoms with van der Waals surface area (Å²) in [5.74, 6) is 0. The van der Waals surface area contributed by atoms with E-state index in [1.807, 2.05) is 0 Å². The molecular formula is C9H18N2. The van der Waals surface area contributed by atoms with Crippen LogP contribution in [-0.2, 0) is 0 Å². The standard InChI is InChI=1S/C9H18N2/c1-3-11-5-4-9(8-11)6-10(2)7-9/h3-8H2,1-2H3. The third-order valence-electron chi connectivity index (χ3n) is 3.18. The lowest BCUT2D eigenvalue weighted by Gasteiger charge is -2.46. The molecule has 0 aromatic heterocycles. The van der Waals surface area contributed by atoms with E-state index in [1.54, 1.807) is 0 Å². The van der Waals surface area contributed by atoms with Gasteiger partial charge in [0.1, 0.15) is 0 Å². The number of hydrogen-bond donors (Lipinski definition) is 0. The Labute approximate surface area is 69.2 Å². The van der Waals surface area contributed by atoms with Gasteiger partial charge in [-0.15, -0.1) is 0 Å². The fourth-order valence-electron chi connectivity index (χ4n) is 2.65. The molecule has 2 aliphatic heterocycles. The summed E-state index contributed by atoms with van der Waals surface area (Å²) in [7, 11) is 2.22. The van der Waals surface area contributed by atoms with Crippen molar-refractivity contribution in [3.8, 4) is 0 Å². The number of nitrogens with zero attached hydrogens (tertiary/aromatic N) is 2. The maximum atomic E-state index is 2.58. The Bertz CT molecular complexity index is 150. The van der Waals surface area contributed by atoms with Crippen LogP contribution in [0.3, 0.4) is 0 Å². The maximum Gasteiger partial charge on any atom is 0.00966 e. The summed E-state index contributed by atoms with van der Waals surface area (Å²) in [6, 6.07) is 0. The van der Waals surface area contributed by atoms with Gasteiger partial charge in [-0.05, 0) is 26.6 Å². The van der Waals surface area contributed by atoms with E-state index in [-0.39, 0.29) is 0 Å². The van der Waals surface area contributed by atoms with E-state index in [1.165, 1.54) is 39.1 Å². The van der Waals surface area contributed by atoms with E-state index >= 15 is 0 Å². The Morgan fingerprint density at radius 3 is 2.45 bits per heavy atom. The van der Waals surface area contributed by atoms with Gasteiger partial charge in [-0.1, -0.05) is 6.92 Å². The lowest BCUT2D eigenvalue weighted by molar-refractivity contribution is 0.0313. The van der Waals surface area contributed by atoms with Gasteiger partial charge in [0.15, 0.2) is 0 Å². The normalized spacial score (nSPS) is 31.1. The van der Waals surface area contributed by atoms with Crippen LogP contribution in [0.25, 0.3) is 0 Å². The van der Waals surface area contributed by atoms with Gasteiger partial charge >= 0.3 is 0 Å². The molecule has 0 atom stereocenters. The lowest BCUT2D eigenvalue weighted by Crippen LogP contribution is -2.55. The van der Waals surface area contributed by atoms with Crippen LogP contribution in [0, 0.1) is 5.41 Å². The van der Waals surface area contributed by atoms with Crippen molar-refractivity contribution in [3.05, 3.63) is 0 Å². The van der Waals surface area contributed by atoms with Gasteiger partial charge < -0.3 is 9.80 Å². The van der Waals surface area contributed by atoms with Gasteiger partial charge in [0.05, 0.1) is 0 Å². The average Bonchev–Trinajstić information content (AvgIpc) is 2.31. The first-order valence-electron chi connectivity index (χ1n) is 4.65. The molecule has 2 rings (SSSR count). The number of hydrogen-bond acceptors (Lipinski definition) is 2. The largest absolute Gasteiger partial charge is 0.305 e. The molecule has 11 heavy (non-hydrogen) atoms. The Morgan fingerprint density at radius 2 is 2.00 bits per heavy atom. The summed E-state index contributed by atoms with van der Waals surface area (Å²) in [5.41, 5.74) is 0.713. The van der Waals surface area contributed by atoms with Crippen molar-refractivity contribution in [2.45, 2.75) is 13.3 Å². The third-order valence-corrected chi connectivity index (χ3v) is 3.18. The van der Waals surface area contributed by atoms with Gasteiger partial charge in [-0.25, -0.2) is 0 Å². The van der Waals surface area contributed by atoms with Crippen LogP contribution >= 0.6 is 0 Å². The van der Waals surface area contributed by atoms with Gasteiger partial charge in [-0.2, -0.15) is 0 Å². The second-order valence-corrected chi connectivity index (χ2v) is 4.29. The van der Waals surface area contributed by atoms with Crippen molar-refractivity contribution in [3.63, 3.8) is 0 Å². The van der Waals surface area contributed by atoms with Crippen molar-refractivity contribution in [2.24, 2.45) is 5.41 Å². The number of rotatable bonds is 1. The molecule has 64 valence electrons. The highest BCUT2D eigenvalue weighted by Gasteiger charge is 2.45. The molecule has 1 spiro atoms. The fourth-order valence-corrected chi connectivity index (χ4v) is 2.65. The minimum atomic E-state index is 0.713. The molecule has 2 fully saturated rings. The smallest absolute Gasteiger partial charge is 0.00966 e. The molecule has 2 heterocycles. The van der Waals surface area contributed by atoms with Crippen molar-refractivity contribution in [2.75, 3.05) is 39.8 Å². The number of likely N-dealkylation sites (tertiary alicyclic amines) is 2. The first-order chi connectivity index (χ1) is 5.24. The molecule has 0 aliphatic carbocycles. The highest BCUT2D eigenvalue weighted by atomic mass is 15.2. The molecule has 0 saturated carbocycles. The van der Waals surface area contributed by atoms with E-state index in [9.17, 15) is 0 Å². The molecule has 0 N–H and O–H groups in total. The molecule has 0 bridgehead atoms. The van der Waals surface area contributed by atoms with Crippen LogP contribution in [-0.4, -0.2) is 49.6 Å². The van der Waals surface area contributed by atoms with Crippen LogP contribution in [0.5, 0.6) is 0 Å². The van der Waals surface area contributed by atoms with Crippen LogP contribution in [0.15, 0.2) is 0 Å². The third kappa shape index (κ3) is 1.18. The average molecular weight is 154 g/mol. The van der Waals surface area contributed by atoms with Crippen LogP contribution in [0.2, 0.25) is 0 Å². The second-order valence-electron chi connectivity index (χ2n) is 4.29. The van der Waals surface area contributed by atoms with Gasteiger partial charge in [0.25, 0.3) is 0 Å². The molecule has 0 amide bonds. The minimum Gasteiger partial charge on any atom is -0.305 e. The monoisotopic (exact) mass is 154 g/mol. The summed E-state index contributed by atoms with van der Waals surface area (Å²) in [5, 5.41) is 0. The zero-order chi connectivity index (χ0) is 7.90. The van der Waals surface area contributed by atoms with E-state index < -0.39 is 0 Å². The maximum absolute atomic E-state index is 2.58. The van der Waals surface area contributed by atoms with Crippen LogP contribution in [0.1, 0.15) is 13.3 Å². The van der Waals surface area contributed by atoms with Crippen molar-refractivity contribution >= 4 is 0 Å². The molecule has 0 radical (unpaired) electrons. The first kappa shape index (κ1) is 7.56. The van der Waals surface area contributed by atoms with Crippen molar-refractivity contribution in [1.29, 1.82) is 0 Å². The lowest BCUT2D eigenvalue weighted by atomic mass is 9.79. The minimum absolute atomic E-state index is 0.713. The molecular weight excluding hydrogens is 136 g/mol. The van der Waals surface area contributed by atoms with Gasteiger partial charge in [-0.3, -0.25) is 0 Å².